The average molecular weight is 423 g/mol. The molecule has 1 unspecified atom stereocenters. The summed E-state index contributed by atoms with van der Waals surface area (Å²) in [7, 11) is -2.21. The zero-order chi connectivity index (χ0) is 21.9. The molecule has 1 rings (SSSR count). The molecule has 162 valence electrons. The third kappa shape index (κ3) is 6.52. The molecule has 0 amide bonds. The third-order valence-corrected chi connectivity index (χ3v) is 9.37. The first kappa shape index (κ1) is 24.5. The van der Waals surface area contributed by atoms with Gasteiger partial charge in [0, 0.05) is 20.8 Å². The highest BCUT2D eigenvalue weighted by Crippen LogP contribution is 2.37. The number of rotatable bonds is 6. The quantitative estimate of drug-likeness (QED) is 0.366. The summed E-state index contributed by atoms with van der Waals surface area (Å²) in [5.41, 5.74) is 0. The van der Waals surface area contributed by atoms with Crippen molar-refractivity contribution in [2.45, 2.75) is 90.4 Å². The van der Waals surface area contributed by atoms with E-state index in [1.807, 2.05) is 33.9 Å². The first-order chi connectivity index (χ1) is 12.7. The van der Waals surface area contributed by atoms with Gasteiger partial charge in [0.25, 0.3) is 0 Å². The molecule has 0 radical (unpaired) electrons. The predicted molar refractivity (Wildman–Crippen MR) is 99.6 cm³/mol. The van der Waals surface area contributed by atoms with Gasteiger partial charge in [0.1, 0.15) is 6.10 Å². The van der Waals surface area contributed by atoms with Crippen molar-refractivity contribution in [2.75, 3.05) is 6.61 Å². The summed E-state index contributed by atoms with van der Waals surface area (Å²) in [4.78, 5) is 34.2. The van der Waals surface area contributed by atoms with Crippen molar-refractivity contribution in [3.8, 4) is 0 Å². The normalized spacial score (nSPS) is 28.4. The molecule has 0 aliphatic carbocycles. The molecule has 28 heavy (non-hydrogen) atoms. The number of hydrogen-bond acceptors (Lipinski definition) is 8. The molecule has 1 saturated heterocycles. The van der Waals surface area contributed by atoms with E-state index in [2.05, 4.69) is 0 Å². The number of ether oxygens (including phenoxy) is 4. The summed E-state index contributed by atoms with van der Waals surface area (Å²) >= 11 is 0. The summed E-state index contributed by atoms with van der Waals surface area (Å²) in [5, 5.41) is -0.108. The van der Waals surface area contributed by atoms with Crippen LogP contribution < -0.4 is 0 Å². The molecule has 0 aromatic rings. The van der Waals surface area contributed by atoms with Crippen LogP contribution in [0.5, 0.6) is 0 Å². The topological polar surface area (TPSA) is 97.4 Å². The SMILES string of the molecule is CC(=O)OC1O[C@H](CO[Si](C)(C)C(C)(C)C)[C@@H](OC(C)=O)[C@H](F)[C@@H]1OC(C)=O. The first-order valence-corrected chi connectivity index (χ1v) is 12.0. The summed E-state index contributed by atoms with van der Waals surface area (Å²) in [5.74, 6) is -2.24. The predicted octanol–water partition coefficient (Wildman–Crippen LogP) is 2.50. The van der Waals surface area contributed by atoms with Crippen LogP contribution in [0.3, 0.4) is 0 Å². The molecular weight excluding hydrogens is 391 g/mol. The Bertz CT molecular complexity index is 589. The van der Waals surface area contributed by atoms with Crippen LogP contribution in [0.25, 0.3) is 0 Å². The van der Waals surface area contributed by atoms with Crippen LogP contribution in [0.15, 0.2) is 0 Å². The van der Waals surface area contributed by atoms with E-state index >= 15 is 4.39 Å². The number of carbonyl (C=O) groups excluding carboxylic acids is 3. The molecule has 1 heterocycles. The van der Waals surface area contributed by atoms with Gasteiger partial charge in [-0.05, 0) is 18.1 Å². The van der Waals surface area contributed by atoms with E-state index in [9.17, 15) is 14.4 Å². The van der Waals surface area contributed by atoms with Gasteiger partial charge in [0.2, 0.25) is 6.29 Å². The Morgan fingerprint density at radius 1 is 0.929 bits per heavy atom. The molecule has 1 aliphatic rings. The summed E-state index contributed by atoms with van der Waals surface area (Å²) < 4.78 is 41.9. The zero-order valence-corrected chi connectivity index (χ0v) is 18.7. The minimum atomic E-state index is -2.21. The fraction of sp³-hybridized carbons (Fsp3) is 0.833. The smallest absolute Gasteiger partial charge is 0.305 e. The van der Waals surface area contributed by atoms with E-state index in [4.69, 9.17) is 23.4 Å². The summed E-state index contributed by atoms with van der Waals surface area (Å²) in [6, 6.07) is 0. The van der Waals surface area contributed by atoms with Crippen molar-refractivity contribution < 1.29 is 42.1 Å². The largest absolute Gasteiger partial charge is 0.456 e. The van der Waals surface area contributed by atoms with Crippen molar-refractivity contribution >= 4 is 26.2 Å². The van der Waals surface area contributed by atoms with Gasteiger partial charge in [-0.15, -0.1) is 0 Å². The van der Waals surface area contributed by atoms with Gasteiger partial charge in [0.15, 0.2) is 26.7 Å². The van der Waals surface area contributed by atoms with Crippen molar-refractivity contribution in [1.29, 1.82) is 0 Å². The maximum atomic E-state index is 15.2. The molecule has 0 bridgehead atoms. The van der Waals surface area contributed by atoms with Gasteiger partial charge in [0.05, 0.1) is 6.61 Å². The highest BCUT2D eigenvalue weighted by Gasteiger charge is 2.52. The molecule has 5 atom stereocenters. The highest BCUT2D eigenvalue weighted by atomic mass is 28.4. The van der Waals surface area contributed by atoms with Gasteiger partial charge in [-0.2, -0.15) is 0 Å². The maximum absolute atomic E-state index is 15.2. The lowest BCUT2D eigenvalue weighted by molar-refractivity contribution is -0.287. The van der Waals surface area contributed by atoms with Crippen molar-refractivity contribution in [2.24, 2.45) is 0 Å². The molecule has 1 aliphatic heterocycles. The first-order valence-electron chi connectivity index (χ1n) is 9.11. The molecule has 0 saturated carbocycles. The second kappa shape index (κ2) is 9.32. The molecule has 0 N–H and O–H groups in total. The minimum absolute atomic E-state index is 0.0700. The van der Waals surface area contributed by atoms with E-state index in [0.29, 0.717) is 0 Å². The average Bonchev–Trinajstić information content (AvgIpc) is 2.50. The fourth-order valence-electron chi connectivity index (χ4n) is 2.41. The number of alkyl halides is 1. The van der Waals surface area contributed by atoms with Crippen LogP contribution in [0.4, 0.5) is 4.39 Å². The molecule has 0 aromatic heterocycles. The lowest BCUT2D eigenvalue weighted by Gasteiger charge is -2.43. The number of halogens is 1. The van der Waals surface area contributed by atoms with Crippen LogP contribution in [-0.4, -0.2) is 63.6 Å². The lowest BCUT2D eigenvalue weighted by atomic mass is 10.00. The Morgan fingerprint density at radius 3 is 1.82 bits per heavy atom. The minimum Gasteiger partial charge on any atom is -0.456 e. The zero-order valence-electron chi connectivity index (χ0n) is 17.7. The van der Waals surface area contributed by atoms with Gasteiger partial charge in [-0.3, -0.25) is 14.4 Å². The van der Waals surface area contributed by atoms with E-state index in [-0.39, 0.29) is 11.6 Å². The summed E-state index contributed by atoms with van der Waals surface area (Å²) in [6.45, 7) is 13.4. The third-order valence-electron chi connectivity index (χ3n) is 4.87. The van der Waals surface area contributed by atoms with Gasteiger partial charge in [-0.25, -0.2) is 4.39 Å². The van der Waals surface area contributed by atoms with Crippen LogP contribution in [-0.2, 0) is 37.8 Å². The molecular formula is C18H31FO8Si. The van der Waals surface area contributed by atoms with E-state index < -0.39 is 57.0 Å². The van der Waals surface area contributed by atoms with E-state index in [1.54, 1.807) is 0 Å². The molecule has 8 nitrogen and oxygen atoms in total. The standard InChI is InChI=1S/C18H31FO8Si/c1-10(20)24-15-13(9-23-28(7,8)18(4,5)6)27-17(26-12(3)22)16(14(15)19)25-11(2)21/h13-17H,9H2,1-8H3/t13-,14+,15-,16+,17?/m1/s1. The number of esters is 3. The van der Waals surface area contributed by atoms with E-state index in [1.165, 1.54) is 0 Å². The molecule has 1 fully saturated rings. The second-order valence-corrected chi connectivity index (χ2v) is 13.1. The van der Waals surface area contributed by atoms with Crippen LogP contribution in [0, 0.1) is 0 Å². The second-order valence-electron chi connectivity index (χ2n) is 8.32. The van der Waals surface area contributed by atoms with E-state index in [0.717, 1.165) is 20.8 Å². The fourth-order valence-corrected chi connectivity index (χ4v) is 3.43. The Hall–Kier alpha value is -1.52. The van der Waals surface area contributed by atoms with Gasteiger partial charge in [-0.1, -0.05) is 20.8 Å². The maximum Gasteiger partial charge on any atom is 0.305 e. The number of carbonyl (C=O) groups is 3. The molecule has 0 aromatic carbocycles. The Balaban J connectivity index is 3.11. The molecule has 0 spiro atoms. The van der Waals surface area contributed by atoms with Crippen molar-refractivity contribution in [3.63, 3.8) is 0 Å². The Morgan fingerprint density at radius 2 is 1.39 bits per heavy atom. The van der Waals surface area contributed by atoms with Crippen molar-refractivity contribution in [1.82, 2.24) is 0 Å². The molecule has 10 heteroatoms. The Labute approximate surface area is 166 Å². The van der Waals surface area contributed by atoms with Crippen LogP contribution in [0.2, 0.25) is 18.1 Å². The Kier molecular flexibility index (Phi) is 8.16. The lowest BCUT2D eigenvalue weighted by Crippen LogP contribution is -2.61. The van der Waals surface area contributed by atoms with Gasteiger partial charge >= 0.3 is 17.9 Å². The van der Waals surface area contributed by atoms with Crippen LogP contribution in [0.1, 0.15) is 41.5 Å². The number of hydrogen-bond donors (Lipinski definition) is 0. The van der Waals surface area contributed by atoms with Crippen molar-refractivity contribution in [3.05, 3.63) is 0 Å². The monoisotopic (exact) mass is 422 g/mol. The van der Waals surface area contributed by atoms with Crippen LogP contribution >= 0.6 is 0 Å². The van der Waals surface area contributed by atoms with Gasteiger partial charge < -0.3 is 23.4 Å². The highest BCUT2D eigenvalue weighted by molar-refractivity contribution is 6.74. The summed E-state index contributed by atoms with van der Waals surface area (Å²) in [6.07, 6.45) is -7.41.